The minimum absolute atomic E-state index is 0.0989. The standard InChI is InChI=1S/C9H10FNO2/c1-5-2-7(10)6(3-8(5)12)9(13)4-11/h2-3,12H,4,11H2,1H3. The Balaban J connectivity index is 3.23. The van der Waals surface area contributed by atoms with E-state index < -0.39 is 11.6 Å². The number of phenols is 1. The first-order valence-electron chi connectivity index (χ1n) is 3.78. The molecule has 0 fully saturated rings. The number of halogens is 1. The van der Waals surface area contributed by atoms with Gasteiger partial charge in [-0.25, -0.2) is 4.39 Å². The van der Waals surface area contributed by atoms with Crippen LogP contribution in [0.3, 0.4) is 0 Å². The lowest BCUT2D eigenvalue weighted by molar-refractivity contribution is 0.0997. The molecule has 0 saturated carbocycles. The van der Waals surface area contributed by atoms with Gasteiger partial charge in [-0.2, -0.15) is 0 Å². The number of ketones is 1. The van der Waals surface area contributed by atoms with Crippen LogP contribution in [0.1, 0.15) is 15.9 Å². The number of Topliss-reactive ketones (excluding diaryl/α,β-unsaturated/α-hetero) is 1. The van der Waals surface area contributed by atoms with Gasteiger partial charge in [0.15, 0.2) is 5.78 Å². The third-order valence-corrected chi connectivity index (χ3v) is 1.77. The first kappa shape index (κ1) is 9.67. The zero-order chi connectivity index (χ0) is 10.0. The van der Waals surface area contributed by atoms with E-state index in [1.807, 2.05) is 0 Å². The molecule has 0 amide bonds. The van der Waals surface area contributed by atoms with Crippen LogP contribution in [0, 0.1) is 12.7 Å². The minimum atomic E-state index is -0.647. The largest absolute Gasteiger partial charge is 0.508 e. The fourth-order valence-electron chi connectivity index (χ4n) is 0.985. The maximum atomic E-state index is 13.1. The van der Waals surface area contributed by atoms with Crippen LogP contribution in [-0.2, 0) is 0 Å². The van der Waals surface area contributed by atoms with Gasteiger partial charge >= 0.3 is 0 Å². The van der Waals surface area contributed by atoms with Crippen LogP contribution in [0.15, 0.2) is 12.1 Å². The van der Waals surface area contributed by atoms with E-state index in [1.165, 1.54) is 0 Å². The Morgan fingerprint density at radius 2 is 2.23 bits per heavy atom. The summed E-state index contributed by atoms with van der Waals surface area (Å²) in [6.07, 6.45) is 0. The highest BCUT2D eigenvalue weighted by atomic mass is 19.1. The quantitative estimate of drug-likeness (QED) is 0.672. The second-order valence-electron chi connectivity index (χ2n) is 2.75. The number of aryl methyl sites for hydroxylation is 1. The van der Waals surface area contributed by atoms with E-state index in [9.17, 15) is 14.3 Å². The van der Waals surface area contributed by atoms with Gasteiger partial charge in [0.05, 0.1) is 12.1 Å². The predicted octanol–water partition coefficient (Wildman–Crippen LogP) is 0.981. The summed E-state index contributed by atoms with van der Waals surface area (Å²) in [5.41, 5.74) is 5.30. The second kappa shape index (κ2) is 3.53. The Kier molecular flexibility index (Phi) is 2.63. The van der Waals surface area contributed by atoms with Crippen molar-refractivity contribution in [3.8, 4) is 5.75 Å². The summed E-state index contributed by atoms with van der Waals surface area (Å²) in [6.45, 7) is 1.29. The van der Waals surface area contributed by atoms with Gasteiger partial charge in [0, 0.05) is 0 Å². The number of benzene rings is 1. The summed E-state index contributed by atoms with van der Waals surface area (Å²) in [4.78, 5) is 11.0. The van der Waals surface area contributed by atoms with Crippen molar-refractivity contribution >= 4 is 5.78 Å². The molecule has 0 radical (unpaired) electrons. The lowest BCUT2D eigenvalue weighted by Gasteiger charge is -2.03. The zero-order valence-electron chi connectivity index (χ0n) is 7.17. The van der Waals surface area contributed by atoms with Crippen LogP contribution in [0.5, 0.6) is 5.75 Å². The molecule has 1 rings (SSSR count). The highest BCUT2D eigenvalue weighted by Gasteiger charge is 2.12. The molecule has 0 atom stereocenters. The predicted molar refractivity (Wildman–Crippen MR) is 46.2 cm³/mol. The molecule has 0 aliphatic carbocycles. The number of aromatic hydroxyl groups is 1. The molecule has 0 spiro atoms. The molecule has 4 heteroatoms. The van der Waals surface area contributed by atoms with Gasteiger partial charge in [-0.3, -0.25) is 4.79 Å². The maximum absolute atomic E-state index is 13.1. The van der Waals surface area contributed by atoms with E-state index in [0.717, 1.165) is 12.1 Å². The summed E-state index contributed by atoms with van der Waals surface area (Å²) >= 11 is 0. The monoisotopic (exact) mass is 183 g/mol. The summed E-state index contributed by atoms with van der Waals surface area (Å²) < 4.78 is 13.1. The van der Waals surface area contributed by atoms with Crippen LogP contribution in [0.2, 0.25) is 0 Å². The minimum Gasteiger partial charge on any atom is -0.508 e. The van der Waals surface area contributed by atoms with E-state index in [0.29, 0.717) is 5.56 Å². The van der Waals surface area contributed by atoms with Gasteiger partial charge in [0.2, 0.25) is 0 Å². The molecule has 13 heavy (non-hydrogen) atoms. The number of rotatable bonds is 2. The highest BCUT2D eigenvalue weighted by molar-refractivity contribution is 5.98. The van der Waals surface area contributed by atoms with E-state index in [2.05, 4.69) is 0 Å². The van der Waals surface area contributed by atoms with Crippen LogP contribution in [0.25, 0.3) is 0 Å². The Hall–Kier alpha value is -1.42. The first-order chi connectivity index (χ1) is 6.06. The Morgan fingerprint density at radius 3 is 2.77 bits per heavy atom. The van der Waals surface area contributed by atoms with Gasteiger partial charge in [-0.1, -0.05) is 0 Å². The normalized spacial score (nSPS) is 10.1. The van der Waals surface area contributed by atoms with Crippen molar-refractivity contribution in [2.45, 2.75) is 6.92 Å². The highest BCUT2D eigenvalue weighted by Crippen LogP contribution is 2.20. The molecule has 3 nitrogen and oxygen atoms in total. The number of carbonyl (C=O) groups excluding carboxylic acids is 1. The molecule has 0 bridgehead atoms. The maximum Gasteiger partial charge on any atom is 0.179 e. The zero-order valence-corrected chi connectivity index (χ0v) is 7.17. The molecule has 0 saturated heterocycles. The summed E-state index contributed by atoms with van der Waals surface area (Å²) in [5, 5.41) is 9.21. The first-order valence-corrected chi connectivity index (χ1v) is 3.78. The average Bonchev–Trinajstić information content (AvgIpc) is 2.10. The van der Waals surface area contributed by atoms with Crippen molar-refractivity contribution < 1.29 is 14.3 Å². The van der Waals surface area contributed by atoms with Gasteiger partial charge in [-0.15, -0.1) is 0 Å². The Bertz CT molecular complexity index is 350. The lowest BCUT2D eigenvalue weighted by atomic mass is 10.1. The average molecular weight is 183 g/mol. The number of nitrogens with two attached hydrogens (primary N) is 1. The van der Waals surface area contributed by atoms with Crippen LogP contribution in [0.4, 0.5) is 4.39 Å². The Morgan fingerprint density at radius 1 is 1.62 bits per heavy atom. The molecule has 0 heterocycles. The van der Waals surface area contributed by atoms with Crippen molar-refractivity contribution in [1.29, 1.82) is 0 Å². The van der Waals surface area contributed by atoms with E-state index in [4.69, 9.17) is 5.73 Å². The van der Waals surface area contributed by atoms with Crippen molar-refractivity contribution in [2.24, 2.45) is 5.73 Å². The summed E-state index contributed by atoms with van der Waals surface area (Å²) in [5.74, 6) is -1.27. The molecule has 3 N–H and O–H groups in total. The number of phenolic OH excluding ortho intramolecular Hbond substituents is 1. The number of carbonyl (C=O) groups is 1. The second-order valence-corrected chi connectivity index (χ2v) is 2.75. The molecule has 0 unspecified atom stereocenters. The molecular weight excluding hydrogens is 173 g/mol. The molecular formula is C9H10FNO2. The van der Waals surface area contributed by atoms with Crippen LogP contribution >= 0.6 is 0 Å². The molecule has 0 aliphatic heterocycles. The SMILES string of the molecule is Cc1cc(F)c(C(=O)CN)cc1O. The summed E-state index contributed by atoms with van der Waals surface area (Å²) in [6, 6.07) is 2.21. The molecule has 70 valence electrons. The van der Waals surface area contributed by atoms with Gasteiger partial charge in [0.1, 0.15) is 11.6 Å². The van der Waals surface area contributed by atoms with Crippen molar-refractivity contribution in [2.75, 3.05) is 6.54 Å². The fourth-order valence-corrected chi connectivity index (χ4v) is 0.985. The molecule has 0 aromatic heterocycles. The van der Waals surface area contributed by atoms with Crippen LogP contribution in [-0.4, -0.2) is 17.4 Å². The van der Waals surface area contributed by atoms with Gasteiger partial charge < -0.3 is 10.8 Å². The smallest absolute Gasteiger partial charge is 0.179 e. The third-order valence-electron chi connectivity index (χ3n) is 1.77. The van der Waals surface area contributed by atoms with Gasteiger partial charge in [0.25, 0.3) is 0 Å². The molecule has 0 aliphatic rings. The van der Waals surface area contributed by atoms with E-state index in [1.54, 1.807) is 6.92 Å². The number of hydrogen-bond acceptors (Lipinski definition) is 3. The lowest BCUT2D eigenvalue weighted by Crippen LogP contribution is -2.15. The van der Waals surface area contributed by atoms with E-state index in [-0.39, 0.29) is 17.9 Å². The third kappa shape index (κ3) is 1.84. The van der Waals surface area contributed by atoms with E-state index >= 15 is 0 Å². The Labute approximate surface area is 75.0 Å². The number of hydrogen-bond donors (Lipinski definition) is 2. The van der Waals surface area contributed by atoms with Crippen molar-refractivity contribution in [1.82, 2.24) is 0 Å². The topological polar surface area (TPSA) is 63.3 Å². The van der Waals surface area contributed by atoms with Gasteiger partial charge in [-0.05, 0) is 24.6 Å². The van der Waals surface area contributed by atoms with Crippen molar-refractivity contribution in [3.63, 3.8) is 0 Å². The van der Waals surface area contributed by atoms with Crippen molar-refractivity contribution in [3.05, 3.63) is 29.1 Å². The molecule has 1 aromatic rings. The molecule has 1 aromatic carbocycles. The summed E-state index contributed by atoms with van der Waals surface area (Å²) in [7, 11) is 0. The fraction of sp³-hybridized carbons (Fsp3) is 0.222. The van der Waals surface area contributed by atoms with Crippen LogP contribution < -0.4 is 5.73 Å².